The van der Waals surface area contributed by atoms with Crippen LogP contribution in [-0.4, -0.2) is 83.9 Å². The zero-order chi connectivity index (χ0) is 30.0. The molecule has 0 bridgehead atoms. The summed E-state index contributed by atoms with van der Waals surface area (Å²) in [7, 11) is 0. The summed E-state index contributed by atoms with van der Waals surface area (Å²) in [6.07, 6.45) is 9.33. The van der Waals surface area contributed by atoms with Crippen LogP contribution in [0, 0.1) is 15.5 Å². The van der Waals surface area contributed by atoms with Gasteiger partial charge in [0.15, 0.2) is 0 Å². The van der Waals surface area contributed by atoms with Crippen molar-refractivity contribution in [3.63, 3.8) is 0 Å². The molecule has 0 radical (unpaired) electrons. The van der Waals surface area contributed by atoms with Crippen molar-refractivity contribution in [3.8, 4) is 0 Å². The number of nitrogens with one attached hydrogen (secondary N) is 2. The lowest BCUT2D eigenvalue weighted by Crippen LogP contribution is -2.52. The van der Waals surface area contributed by atoms with E-state index in [4.69, 9.17) is 0 Å². The van der Waals surface area contributed by atoms with Gasteiger partial charge in [0.2, 0.25) is 11.8 Å². The summed E-state index contributed by atoms with van der Waals surface area (Å²) < 4.78 is 0. The second-order valence-electron chi connectivity index (χ2n) is 12.4. The largest absolute Gasteiger partial charge is 0.371 e. The summed E-state index contributed by atoms with van der Waals surface area (Å²) in [4.78, 5) is 58.4. The Morgan fingerprint density at radius 2 is 1.58 bits per heavy atom. The maximum absolute atomic E-state index is 12.8. The monoisotopic (exact) mass is 589 g/mol. The first kappa shape index (κ1) is 29.0. The highest BCUT2D eigenvalue weighted by Gasteiger charge is 2.40. The molecular weight excluding hydrogens is 550 g/mol. The Balaban J connectivity index is 0.964. The minimum Gasteiger partial charge on any atom is -0.371 e. The number of nitrogens with zero attached hydrogens (tertiary/aromatic N) is 5. The van der Waals surface area contributed by atoms with Crippen LogP contribution < -0.4 is 20.4 Å². The van der Waals surface area contributed by atoms with Crippen LogP contribution in [0.4, 0.5) is 17.1 Å². The first-order valence-electron chi connectivity index (χ1n) is 15.4. The topological polar surface area (TPSA) is 141 Å². The minimum absolute atomic E-state index is 0.129. The van der Waals surface area contributed by atoms with Gasteiger partial charge in [0.1, 0.15) is 11.7 Å². The van der Waals surface area contributed by atoms with Gasteiger partial charge in [-0.2, -0.15) is 0 Å². The number of hydrogen-bond donors (Lipinski definition) is 2. The maximum Gasteiger partial charge on any atom is 0.270 e. The second kappa shape index (κ2) is 12.3. The number of carbonyl (C=O) groups excluding carboxylic acids is 3. The van der Waals surface area contributed by atoms with E-state index in [0.717, 1.165) is 63.5 Å². The molecule has 12 heteroatoms. The van der Waals surface area contributed by atoms with Crippen molar-refractivity contribution in [1.29, 1.82) is 0 Å². The Morgan fingerprint density at radius 1 is 0.907 bits per heavy atom. The fourth-order valence-corrected chi connectivity index (χ4v) is 7.25. The maximum atomic E-state index is 12.8. The molecule has 1 atom stereocenters. The molecule has 1 unspecified atom stereocenters. The third-order valence-corrected chi connectivity index (χ3v) is 9.98. The molecule has 1 aromatic heterocycles. The van der Waals surface area contributed by atoms with Gasteiger partial charge < -0.3 is 15.1 Å². The van der Waals surface area contributed by atoms with Crippen LogP contribution in [0.3, 0.4) is 0 Å². The Labute approximate surface area is 251 Å². The Morgan fingerprint density at radius 3 is 2.23 bits per heavy atom. The molecule has 2 N–H and O–H groups in total. The Hall–Kier alpha value is -4.06. The SMILES string of the molecule is O=C1CCC(NC(=O)c2cc(N3CCC4(CCC(N5CCN(c6ccc([N+](=O)[O-])cc6)CC5)CC4)CC3)ccn2)C(=O)N1. The summed E-state index contributed by atoms with van der Waals surface area (Å²) >= 11 is 0. The molecule has 43 heavy (non-hydrogen) atoms. The predicted molar refractivity (Wildman–Crippen MR) is 161 cm³/mol. The zero-order valence-electron chi connectivity index (χ0n) is 24.4. The van der Waals surface area contributed by atoms with E-state index in [2.05, 4.69) is 30.3 Å². The fourth-order valence-electron chi connectivity index (χ4n) is 7.25. The number of non-ortho nitro benzene ring substituents is 1. The third-order valence-electron chi connectivity index (χ3n) is 9.98. The molecule has 3 amide bonds. The van der Waals surface area contributed by atoms with Crippen LogP contribution in [0.25, 0.3) is 0 Å². The first-order chi connectivity index (χ1) is 20.8. The van der Waals surface area contributed by atoms with Crippen molar-refractivity contribution >= 4 is 34.8 Å². The number of anilines is 2. The number of imide groups is 1. The van der Waals surface area contributed by atoms with Crippen LogP contribution in [0.5, 0.6) is 0 Å². The first-order valence-corrected chi connectivity index (χ1v) is 15.4. The quantitative estimate of drug-likeness (QED) is 0.296. The lowest BCUT2D eigenvalue weighted by Gasteiger charge is -2.49. The van der Waals surface area contributed by atoms with Crippen LogP contribution in [0.2, 0.25) is 0 Å². The third kappa shape index (κ3) is 6.48. The van der Waals surface area contributed by atoms with Crippen molar-refractivity contribution in [2.45, 2.75) is 63.5 Å². The number of amides is 3. The van der Waals surface area contributed by atoms with E-state index < -0.39 is 17.9 Å². The van der Waals surface area contributed by atoms with Crippen LogP contribution in [0.15, 0.2) is 42.6 Å². The highest BCUT2D eigenvalue weighted by Crippen LogP contribution is 2.46. The summed E-state index contributed by atoms with van der Waals surface area (Å²) in [5.74, 6) is -1.19. The predicted octanol–water partition coefficient (Wildman–Crippen LogP) is 2.88. The lowest BCUT2D eigenvalue weighted by molar-refractivity contribution is -0.384. The van der Waals surface area contributed by atoms with E-state index >= 15 is 0 Å². The van der Waals surface area contributed by atoms with E-state index in [1.165, 1.54) is 25.7 Å². The number of hydrogen-bond acceptors (Lipinski definition) is 9. The molecule has 4 heterocycles. The van der Waals surface area contributed by atoms with Gasteiger partial charge in [0.05, 0.1) is 4.92 Å². The number of benzene rings is 1. The fraction of sp³-hybridized carbons (Fsp3) is 0.548. The van der Waals surface area contributed by atoms with E-state index in [1.807, 2.05) is 18.2 Å². The zero-order valence-corrected chi connectivity index (χ0v) is 24.4. The van der Waals surface area contributed by atoms with E-state index in [-0.39, 0.29) is 28.6 Å². The number of nitro groups is 1. The Kier molecular flexibility index (Phi) is 8.29. The van der Waals surface area contributed by atoms with Gasteiger partial charge >= 0.3 is 0 Å². The van der Waals surface area contributed by atoms with E-state index in [0.29, 0.717) is 17.9 Å². The van der Waals surface area contributed by atoms with Crippen molar-refractivity contribution in [1.82, 2.24) is 20.5 Å². The number of rotatable bonds is 6. The molecule has 2 aromatic rings. The van der Waals surface area contributed by atoms with Crippen molar-refractivity contribution < 1.29 is 19.3 Å². The minimum atomic E-state index is -0.723. The molecule has 12 nitrogen and oxygen atoms in total. The van der Waals surface area contributed by atoms with Gasteiger partial charge in [-0.1, -0.05) is 0 Å². The average Bonchev–Trinajstić information content (AvgIpc) is 3.03. The Bertz CT molecular complexity index is 1360. The van der Waals surface area contributed by atoms with Gasteiger partial charge in [0, 0.05) is 81.4 Å². The van der Waals surface area contributed by atoms with Gasteiger partial charge in [-0.15, -0.1) is 0 Å². The molecule has 1 aliphatic carbocycles. The smallest absolute Gasteiger partial charge is 0.270 e. The highest BCUT2D eigenvalue weighted by atomic mass is 16.6. The van der Waals surface area contributed by atoms with Crippen LogP contribution in [0.1, 0.15) is 61.9 Å². The summed E-state index contributed by atoms with van der Waals surface area (Å²) in [6.45, 7) is 5.79. The number of carbonyl (C=O) groups is 3. The average molecular weight is 590 g/mol. The normalized spacial score (nSPS) is 23.2. The van der Waals surface area contributed by atoms with Crippen LogP contribution in [-0.2, 0) is 9.59 Å². The van der Waals surface area contributed by atoms with E-state index in [1.54, 1.807) is 24.4 Å². The molecule has 1 saturated carbocycles. The highest BCUT2D eigenvalue weighted by molar-refractivity contribution is 6.03. The van der Waals surface area contributed by atoms with Crippen LogP contribution >= 0.6 is 0 Å². The summed E-state index contributed by atoms with van der Waals surface area (Å²) in [5.41, 5.74) is 2.81. The summed E-state index contributed by atoms with van der Waals surface area (Å²) in [6, 6.07) is 10.5. The molecule has 228 valence electrons. The van der Waals surface area contributed by atoms with Gasteiger partial charge in [0.25, 0.3) is 11.6 Å². The standard InChI is InChI=1S/C31H39N7O5/c39-28-6-5-26(29(40)34-28)33-30(41)27-21-25(9-14-32-27)35-15-12-31(13-16-35)10-7-23(8-11-31)37-19-17-36(18-20-37)22-1-3-24(4-2-22)38(42)43/h1-4,9,14,21,23,26H,5-8,10-13,15-20H2,(H,33,41)(H,34,39,40). The summed E-state index contributed by atoms with van der Waals surface area (Å²) in [5, 5.41) is 15.9. The number of nitro benzene ring substituents is 1. The molecule has 4 aliphatic rings. The second-order valence-corrected chi connectivity index (χ2v) is 12.4. The van der Waals surface area contributed by atoms with Gasteiger partial charge in [-0.05, 0) is 74.6 Å². The van der Waals surface area contributed by atoms with Crippen molar-refractivity contribution in [2.75, 3.05) is 49.1 Å². The van der Waals surface area contributed by atoms with Crippen molar-refractivity contribution in [2.24, 2.45) is 5.41 Å². The lowest BCUT2D eigenvalue weighted by atomic mass is 9.66. The molecular formula is C31H39N7O5. The number of piperazine rings is 1. The molecule has 6 rings (SSSR count). The van der Waals surface area contributed by atoms with E-state index in [9.17, 15) is 24.5 Å². The molecule has 1 aromatic carbocycles. The number of aromatic nitrogens is 1. The molecule has 1 spiro atoms. The molecule has 4 fully saturated rings. The molecule has 3 aliphatic heterocycles. The molecule has 3 saturated heterocycles. The number of pyridine rings is 1. The van der Waals surface area contributed by atoms with Gasteiger partial charge in [-0.3, -0.25) is 39.7 Å². The van der Waals surface area contributed by atoms with Gasteiger partial charge in [-0.25, -0.2) is 0 Å². The van der Waals surface area contributed by atoms with Crippen molar-refractivity contribution in [3.05, 3.63) is 58.4 Å². The number of piperidine rings is 2.